The van der Waals surface area contributed by atoms with E-state index in [1.807, 2.05) is 6.92 Å². The molecule has 92 valence electrons. The minimum Gasteiger partial charge on any atom is -0.438 e. The van der Waals surface area contributed by atoms with E-state index in [0.29, 0.717) is 5.56 Å². The Labute approximate surface area is 98.9 Å². The number of halogens is 2. The van der Waals surface area contributed by atoms with E-state index < -0.39 is 12.3 Å². The first-order chi connectivity index (χ1) is 8.08. The Kier molecular flexibility index (Phi) is 4.75. The molecular formula is C12H14F2N2O. The monoisotopic (exact) mass is 240 g/mol. The van der Waals surface area contributed by atoms with Crippen LogP contribution in [0.1, 0.15) is 18.2 Å². The molecule has 0 saturated carbocycles. The van der Waals surface area contributed by atoms with Gasteiger partial charge in [-0.1, -0.05) is 13.5 Å². The highest BCUT2D eigenvalue weighted by atomic mass is 19.3. The normalized spacial score (nSPS) is 11.7. The van der Waals surface area contributed by atoms with Gasteiger partial charge in [-0.2, -0.15) is 8.78 Å². The SMILES string of the molecule is C=C(OC(=NC)C(F)F)c1ccc(CC)nc1. The molecule has 5 heteroatoms. The smallest absolute Gasteiger partial charge is 0.312 e. The van der Waals surface area contributed by atoms with Crippen LogP contribution in [0.2, 0.25) is 0 Å². The van der Waals surface area contributed by atoms with E-state index >= 15 is 0 Å². The molecule has 1 heterocycles. The predicted octanol–water partition coefficient (Wildman–Crippen LogP) is 2.92. The molecule has 0 aliphatic carbocycles. The number of aryl methyl sites for hydroxylation is 1. The van der Waals surface area contributed by atoms with Crippen molar-refractivity contribution in [3.63, 3.8) is 0 Å². The average molecular weight is 240 g/mol. The molecule has 0 spiro atoms. The molecule has 0 aromatic carbocycles. The molecule has 0 saturated heterocycles. The van der Waals surface area contributed by atoms with Crippen molar-refractivity contribution in [2.45, 2.75) is 19.8 Å². The maximum atomic E-state index is 12.4. The van der Waals surface area contributed by atoms with Crippen molar-refractivity contribution < 1.29 is 13.5 Å². The van der Waals surface area contributed by atoms with Gasteiger partial charge >= 0.3 is 6.43 Å². The van der Waals surface area contributed by atoms with Gasteiger partial charge in [-0.3, -0.25) is 9.98 Å². The van der Waals surface area contributed by atoms with Crippen LogP contribution in [0.5, 0.6) is 0 Å². The standard InChI is InChI=1S/C12H14F2N2O/c1-4-10-6-5-9(7-16-10)8(2)17-12(15-3)11(13)14/h5-7,11H,2,4H2,1,3H3. The molecule has 1 rings (SSSR count). The molecule has 1 aromatic rings. The Morgan fingerprint density at radius 1 is 1.53 bits per heavy atom. The van der Waals surface area contributed by atoms with Gasteiger partial charge in [0.05, 0.1) is 0 Å². The first kappa shape index (κ1) is 13.3. The number of hydrogen-bond donors (Lipinski definition) is 0. The number of pyridine rings is 1. The highest BCUT2D eigenvalue weighted by molar-refractivity contribution is 5.84. The Balaban J connectivity index is 2.76. The van der Waals surface area contributed by atoms with Gasteiger partial charge in [-0.15, -0.1) is 0 Å². The molecule has 0 aliphatic heterocycles. The van der Waals surface area contributed by atoms with Gasteiger partial charge in [0, 0.05) is 24.5 Å². The molecule has 0 N–H and O–H groups in total. The van der Waals surface area contributed by atoms with Gasteiger partial charge in [0.25, 0.3) is 5.90 Å². The molecule has 0 amide bonds. The maximum Gasteiger partial charge on any atom is 0.312 e. The Hall–Kier alpha value is -1.78. The fraction of sp³-hybridized carbons (Fsp3) is 0.333. The number of aromatic nitrogens is 1. The second-order valence-electron chi connectivity index (χ2n) is 3.28. The maximum absolute atomic E-state index is 12.4. The number of hydrogen-bond acceptors (Lipinski definition) is 3. The second-order valence-corrected chi connectivity index (χ2v) is 3.28. The summed E-state index contributed by atoms with van der Waals surface area (Å²) < 4.78 is 29.6. The van der Waals surface area contributed by atoms with Crippen LogP contribution in [-0.2, 0) is 11.2 Å². The van der Waals surface area contributed by atoms with Crippen LogP contribution >= 0.6 is 0 Å². The van der Waals surface area contributed by atoms with Crippen LogP contribution in [0, 0.1) is 0 Å². The summed E-state index contributed by atoms with van der Waals surface area (Å²) in [5, 5.41) is 0. The zero-order valence-electron chi connectivity index (χ0n) is 9.78. The third kappa shape index (κ3) is 3.62. The fourth-order valence-corrected chi connectivity index (χ4v) is 1.17. The lowest BCUT2D eigenvalue weighted by Gasteiger charge is -2.10. The number of nitrogens with zero attached hydrogens (tertiary/aromatic N) is 2. The fourth-order valence-electron chi connectivity index (χ4n) is 1.17. The van der Waals surface area contributed by atoms with Crippen molar-refractivity contribution in [3.05, 3.63) is 36.2 Å². The summed E-state index contributed by atoms with van der Waals surface area (Å²) in [4.78, 5) is 7.48. The van der Waals surface area contributed by atoms with Crippen molar-refractivity contribution in [2.24, 2.45) is 4.99 Å². The third-order valence-corrected chi connectivity index (χ3v) is 2.14. The Bertz CT molecular complexity index is 413. The second kappa shape index (κ2) is 6.08. The molecule has 0 fully saturated rings. The third-order valence-electron chi connectivity index (χ3n) is 2.14. The van der Waals surface area contributed by atoms with Gasteiger partial charge in [0.15, 0.2) is 0 Å². The van der Waals surface area contributed by atoms with E-state index in [1.165, 1.54) is 7.05 Å². The molecule has 17 heavy (non-hydrogen) atoms. The summed E-state index contributed by atoms with van der Waals surface area (Å²) in [6.45, 7) is 5.55. The highest BCUT2D eigenvalue weighted by Crippen LogP contribution is 2.15. The number of ether oxygens (including phenoxy) is 1. The summed E-state index contributed by atoms with van der Waals surface area (Å²) in [5.41, 5.74) is 1.48. The largest absolute Gasteiger partial charge is 0.438 e. The van der Waals surface area contributed by atoms with Crippen LogP contribution in [-0.4, -0.2) is 24.4 Å². The minimum absolute atomic E-state index is 0.112. The van der Waals surface area contributed by atoms with E-state index in [-0.39, 0.29) is 5.76 Å². The molecule has 0 unspecified atom stereocenters. The van der Waals surface area contributed by atoms with Crippen LogP contribution in [0.25, 0.3) is 5.76 Å². The number of alkyl halides is 2. The summed E-state index contributed by atoms with van der Waals surface area (Å²) in [5.74, 6) is -0.532. The molecule has 1 aromatic heterocycles. The summed E-state index contributed by atoms with van der Waals surface area (Å²) in [7, 11) is 1.24. The van der Waals surface area contributed by atoms with Crippen LogP contribution in [0.4, 0.5) is 8.78 Å². The lowest BCUT2D eigenvalue weighted by atomic mass is 10.2. The lowest BCUT2D eigenvalue weighted by Crippen LogP contribution is -2.13. The van der Waals surface area contributed by atoms with Crippen molar-refractivity contribution in [1.82, 2.24) is 4.98 Å². The van der Waals surface area contributed by atoms with Crippen LogP contribution in [0.3, 0.4) is 0 Å². The molecule has 0 radical (unpaired) electrons. The Morgan fingerprint density at radius 2 is 2.24 bits per heavy atom. The van der Waals surface area contributed by atoms with Crippen LogP contribution in [0.15, 0.2) is 29.9 Å². The van der Waals surface area contributed by atoms with E-state index in [9.17, 15) is 8.78 Å². The van der Waals surface area contributed by atoms with Crippen molar-refractivity contribution in [3.8, 4) is 0 Å². The topological polar surface area (TPSA) is 34.5 Å². The van der Waals surface area contributed by atoms with E-state index in [1.54, 1.807) is 18.3 Å². The zero-order chi connectivity index (χ0) is 12.8. The van der Waals surface area contributed by atoms with Gasteiger partial charge in [0.1, 0.15) is 5.76 Å². The molecule has 0 bridgehead atoms. The summed E-state index contributed by atoms with van der Waals surface area (Å²) in [6.07, 6.45) is -0.397. The van der Waals surface area contributed by atoms with Crippen molar-refractivity contribution in [2.75, 3.05) is 7.05 Å². The number of aliphatic imine (C=N–C) groups is 1. The molecule has 0 atom stereocenters. The highest BCUT2D eigenvalue weighted by Gasteiger charge is 2.16. The van der Waals surface area contributed by atoms with E-state index in [0.717, 1.165) is 12.1 Å². The quantitative estimate of drug-likeness (QED) is 0.460. The molecule has 3 nitrogen and oxygen atoms in total. The minimum atomic E-state index is -2.75. The van der Waals surface area contributed by atoms with Gasteiger partial charge in [0.2, 0.25) is 0 Å². The predicted molar refractivity (Wildman–Crippen MR) is 63.1 cm³/mol. The van der Waals surface area contributed by atoms with Crippen molar-refractivity contribution >= 4 is 11.7 Å². The first-order valence-corrected chi connectivity index (χ1v) is 5.15. The van der Waals surface area contributed by atoms with Gasteiger partial charge < -0.3 is 4.74 Å². The average Bonchev–Trinajstić information content (AvgIpc) is 2.35. The zero-order valence-corrected chi connectivity index (χ0v) is 9.78. The lowest BCUT2D eigenvalue weighted by molar-refractivity contribution is 0.196. The summed E-state index contributed by atoms with van der Waals surface area (Å²) >= 11 is 0. The Morgan fingerprint density at radius 3 is 2.65 bits per heavy atom. The molecule has 0 aliphatic rings. The van der Waals surface area contributed by atoms with Crippen molar-refractivity contribution in [1.29, 1.82) is 0 Å². The van der Waals surface area contributed by atoms with E-state index in [2.05, 4.69) is 16.6 Å². The van der Waals surface area contributed by atoms with E-state index in [4.69, 9.17) is 4.74 Å². The first-order valence-electron chi connectivity index (χ1n) is 5.15. The summed E-state index contributed by atoms with van der Waals surface area (Å²) in [6, 6.07) is 3.53. The van der Waals surface area contributed by atoms with Gasteiger partial charge in [-0.05, 0) is 18.6 Å². The van der Waals surface area contributed by atoms with Crippen LogP contribution < -0.4 is 0 Å². The number of rotatable bonds is 4. The van der Waals surface area contributed by atoms with Gasteiger partial charge in [-0.25, -0.2) is 0 Å². The molecular weight excluding hydrogens is 226 g/mol.